The zero-order chi connectivity index (χ0) is 15.4. The van der Waals surface area contributed by atoms with Gasteiger partial charge in [-0.25, -0.2) is 0 Å². The molecule has 2 aromatic rings. The number of esters is 1. The molecule has 1 N–H and O–H groups in total. The van der Waals surface area contributed by atoms with E-state index in [2.05, 4.69) is 5.32 Å². The van der Waals surface area contributed by atoms with E-state index in [1.165, 1.54) is 0 Å². The Morgan fingerprint density at radius 3 is 2.59 bits per heavy atom. The fourth-order valence-electron chi connectivity index (χ4n) is 2.63. The number of nitrogens with one attached hydrogen (secondary N) is 1. The van der Waals surface area contributed by atoms with E-state index in [0.29, 0.717) is 6.42 Å². The van der Waals surface area contributed by atoms with Gasteiger partial charge in [0.05, 0.1) is 5.92 Å². The molecule has 0 aromatic heterocycles. The zero-order valence-corrected chi connectivity index (χ0v) is 12.1. The largest absolute Gasteiger partial charge is 0.461 e. The molecule has 1 heterocycles. The maximum Gasteiger partial charge on any atom is 0.306 e. The zero-order valence-electron chi connectivity index (χ0n) is 12.1. The van der Waals surface area contributed by atoms with Gasteiger partial charge in [-0.3, -0.25) is 9.59 Å². The van der Waals surface area contributed by atoms with Crippen LogP contribution in [0.4, 0.5) is 5.69 Å². The van der Waals surface area contributed by atoms with Crippen LogP contribution in [0.15, 0.2) is 54.6 Å². The lowest BCUT2D eigenvalue weighted by molar-refractivity contribution is -0.145. The van der Waals surface area contributed by atoms with Crippen molar-refractivity contribution in [3.05, 3.63) is 65.7 Å². The van der Waals surface area contributed by atoms with Gasteiger partial charge in [0.25, 0.3) is 0 Å². The molecule has 1 aliphatic heterocycles. The standard InChI is InChI=1S/C18H17NO3/c20-17(22-12-13-6-2-1-3-7-13)11-10-15-14-8-4-5-9-16(14)19-18(15)21/h1-9,15H,10-12H2,(H,19,21). The Balaban J connectivity index is 1.52. The Kier molecular flexibility index (Phi) is 4.19. The second kappa shape index (κ2) is 6.43. The summed E-state index contributed by atoms with van der Waals surface area (Å²) in [5, 5.41) is 2.84. The van der Waals surface area contributed by atoms with Crippen molar-refractivity contribution in [2.45, 2.75) is 25.4 Å². The number of carbonyl (C=O) groups is 2. The van der Waals surface area contributed by atoms with Gasteiger partial charge in [-0.15, -0.1) is 0 Å². The van der Waals surface area contributed by atoms with Crippen molar-refractivity contribution in [1.29, 1.82) is 0 Å². The molecule has 1 aliphatic rings. The third-order valence-corrected chi connectivity index (χ3v) is 3.79. The highest BCUT2D eigenvalue weighted by atomic mass is 16.5. The van der Waals surface area contributed by atoms with Gasteiger partial charge < -0.3 is 10.1 Å². The van der Waals surface area contributed by atoms with Gasteiger partial charge in [-0.1, -0.05) is 48.5 Å². The van der Waals surface area contributed by atoms with Crippen molar-refractivity contribution < 1.29 is 14.3 Å². The lowest BCUT2D eigenvalue weighted by atomic mass is 9.96. The number of benzene rings is 2. The van der Waals surface area contributed by atoms with E-state index in [9.17, 15) is 9.59 Å². The average molecular weight is 295 g/mol. The summed E-state index contributed by atoms with van der Waals surface area (Å²) >= 11 is 0. The van der Waals surface area contributed by atoms with E-state index in [0.717, 1.165) is 16.8 Å². The van der Waals surface area contributed by atoms with Gasteiger partial charge in [0.2, 0.25) is 5.91 Å². The Bertz CT molecular complexity index is 682. The Morgan fingerprint density at radius 1 is 1.05 bits per heavy atom. The van der Waals surface area contributed by atoms with Gasteiger partial charge in [-0.2, -0.15) is 0 Å². The Morgan fingerprint density at radius 2 is 1.77 bits per heavy atom. The lowest BCUT2D eigenvalue weighted by Gasteiger charge is -2.09. The van der Waals surface area contributed by atoms with E-state index < -0.39 is 0 Å². The van der Waals surface area contributed by atoms with Crippen molar-refractivity contribution in [2.24, 2.45) is 0 Å². The van der Waals surface area contributed by atoms with Crippen LogP contribution in [0.2, 0.25) is 0 Å². The van der Waals surface area contributed by atoms with Gasteiger partial charge >= 0.3 is 5.97 Å². The Hall–Kier alpha value is -2.62. The van der Waals surface area contributed by atoms with Crippen molar-refractivity contribution in [3.8, 4) is 0 Å². The van der Waals surface area contributed by atoms with Crippen molar-refractivity contribution in [2.75, 3.05) is 5.32 Å². The first-order valence-corrected chi connectivity index (χ1v) is 7.33. The number of anilines is 1. The summed E-state index contributed by atoms with van der Waals surface area (Å²) in [5.74, 6) is -0.585. The number of hydrogen-bond acceptors (Lipinski definition) is 3. The molecule has 112 valence electrons. The highest BCUT2D eigenvalue weighted by Gasteiger charge is 2.30. The molecule has 1 atom stereocenters. The van der Waals surface area contributed by atoms with Crippen LogP contribution < -0.4 is 5.32 Å². The van der Waals surface area contributed by atoms with Gasteiger partial charge in [0.1, 0.15) is 6.61 Å². The number of rotatable bonds is 5. The molecule has 0 fully saturated rings. The molecular formula is C18H17NO3. The number of amides is 1. The minimum atomic E-state index is -0.277. The van der Waals surface area contributed by atoms with Gasteiger partial charge in [0.15, 0.2) is 0 Å². The molecule has 0 spiro atoms. The summed E-state index contributed by atoms with van der Waals surface area (Å²) in [6.07, 6.45) is 0.704. The third-order valence-electron chi connectivity index (χ3n) is 3.79. The first-order valence-electron chi connectivity index (χ1n) is 7.33. The quantitative estimate of drug-likeness (QED) is 0.861. The predicted molar refractivity (Wildman–Crippen MR) is 83.3 cm³/mol. The van der Waals surface area contributed by atoms with Crippen LogP contribution in [0, 0.1) is 0 Å². The Labute approximate surface area is 129 Å². The van der Waals surface area contributed by atoms with Crippen LogP contribution in [-0.4, -0.2) is 11.9 Å². The second-order valence-corrected chi connectivity index (χ2v) is 5.31. The number of hydrogen-bond donors (Lipinski definition) is 1. The average Bonchev–Trinajstić information content (AvgIpc) is 2.87. The number of para-hydroxylation sites is 1. The van der Waals surface area contributed by atoms with Crippen LogP contribution in [0.25, 0.3) is 0 Å². The predicted octanol–water partition coefficient (Wildman–Crippen LogP) is 3.25. The van der Waals surface area contributed by atoms with Crippen LogP contribution in [0.1, 0.15) is 29.9 Å². The highest BCUT2D eigenvalue weighted by molar-refractivity contribution is 6.02. The van der Waals surface area contributed by atoms with E-state index in [4.69, 9.17) is 4.74 Å². The summed E-state index contributed by atoms with van der Waals surface area (Å²) in [6.45, 7) is 0.271. The van der Waals surface area contributed by atoms with Crippen LogP contribution in [-0.2, 0) is 20.9 Å². The molecule has 0 bridgehead atoms. The molecule has 0 saturated heterocycles. The van der Waals surface area contributed by atoms with Crippen molar-refractivity contribution in [3.63, 3.8) is 0 Å². The number of ether oxygens (including phenoxy) is 1. The summed E-state index contributed by atoms with van der Waals surface area (Å²) in [4.78, 5) is 23.8. The molecule has 22 heavy (non-hydrogen) atoms. The van der Waals surface area contributed by atoms with Crippen LogP contribution in [0.3, 0.4) is 0 Å². The minimum Gasteiger partial charge on any atom is -0.461 e. The maximum atomic E-state index is 12.0. The molecule has 0 radical (unpaired) electrons. The van der Waals surface area contributed by atoms with Gasteiger partial charge in [0, 0.05) is 12.1 Å². The first-order chi connectivity index (χ1) is 10.7. The number of fused-ring (bicyclic) bond motifs is 1. The number of carbonyl (C=O) groups excluding carboxylic acids is 2. The summed E-state index contributed by atoms with van der Waals surface area (Å²) in [5.41, 5.74) is 2.76. The smallest absolute Gasteiger partial charge is 0.306 e. The van der Waals surface area contributed by atoms with Crippen molar-refractivity contribution in [1.82, 2.24) is 0 Å². The fourth-order valence-corrected chi connectivity index (χ4v) is 2.63. The third kappa shape index (κ3) is 3.17. The minimum absolute atomic E-state index is 0.0444. The molecule has 0 saturated carbocycles. The van der Waals surface area contributed by atoms with Gasteiger partial charge in [-0.05, 0) is 23.6 Å². The van der Waals surface area contributed by atoms with E-state index in [1.54, 1.807) is 0 Å². The molecule has 1 amide bonds. The van der Waals surface area contributed by atoms with E-state index in [1.807, 2.05) is 54.6 Å². The molecule has 4 heteroatoms. The van der Waals surface area contributed by atoms with Crippen molar-refractivity contribution >= 4 is 17.6 Å². The molecule has 1 unspecified atom stereocenters. The maximum absolute atomic E-state index is 12.0. The summed E-state index contributed by atoms with van der Waals surface area (Å²) in [7, 11) is 0. The second-order valence-electron chi connectivity index (χ2n) is 5.31. The van der Waals surface area contributed by atoms with Crippen LogP contribution >= 0.6 is 0 Å². The van der Waals surface area contributed by atoms with E-state index in [-0.39, 0.29) is 30.8 Å². The normalized spacial score (nSPS) is 16.0. The molecule has 3 rings (SSSR count). The molecular weight excluding hydrogens is 278 g/mol. The molecule has 2 aromatic carbocycles. The lowest BCUT2D eigenvalue weighted by Crippen LogP contribution is -2.14. The molecule has 4 nitrogen and oxygen atoms in total. The molecule has 0 aliphatic carbocycles. The summed E-state index contributed by atoms with van der Waals surface area (Å²) < 4.78 is 5.24. The van der Waals surface area contributed by atoms with E-state index >= 15 is 0 Å². The fraction of sp³-hybridized carbons (Fsp3) is 0.222. The first kappa shape index (κ1) is 14.3. The monoisotopic (exact) mass is 295 g/mol. The van der Waals surface area contributed by atoms with Crippen LogP contribution in [0.5, 0.6) is 0 Å². The topological polar surface area (TPSA) is 55.4 Å². The SMILES string of the molecule is O=C(CCC1C(=O)Nc2ccccc21)OCc1ccccc1. The summed E-state index contributed by atoms with van der Waals surface area (Å²) in [6, 6.07) is 17.1. The highest BCUT2D eigenvalue weighted by Crippen LogP contribution is 2.35.